The molecule has 2 aromatic carbocycles. The lowest BCUT2D eigenvalue weighted by Gasteiger charge is -2.12. The first kappa shape index (κ1) is 19.8. The number of halogens is 2. The minimum atomic E-state index is -0.169. The number of thioether (sulfide) groups is 1. The van der Waals surface area contributed by atoms with Crippen LogP contribution in [0.4, 0.5) is 5.69 Å². The predicted octanol–water partition coefficient (Wildman–Crippen LogP) is 5.07. The monoisotopic (exact) mass is 592 g/mol. The van der Waals surface area contributed by atoms with Crippen LogP contribution in [0.1, 0.15) is 18.1 Å². The highest BCUT2D eigenvalue weighted by Crippen LogP contribution is 2.33. The second-order valence-corrected chi connectivity index (χ2v) is 9.16. The van der Waals surface area contributed by atoms with E-state index in [2.05, 4.69) is 74.9 Å². The summed E-state index contributed by atoms with van der Waals surface area (Å²) in [5, 5.41) is 6.32. The van der Waals surface area contributed by atoms with Crippen LogP contribution in [-0.2, 0) is 11.2 Å². The van der Waals surface area contributed by atoms with Gasteiger partial charge in [-0.3, -0.25) is 4.79 Å². The fourth-order valence-electron chi connectivity index (χ4n) is 2.56. The van der Waals surface area contributed by atoms with Gasteiger partial charge < -0.3 is 15.4 Å². The topological polar surface area (TPSA) is 50.4 Å². The minimum Gasteiger partial charge on any atom is -0.495 e. The maximum absolute atomic E-state index is 12.3. The molecule has 26 heavy (non-hydrogen) atoms. The maximum Gasteiger partial charge on any atom is 0.260 e. The summed E-state index contributed by atoms with van der Waals surface area (Å²) in [6.45, 7) is 2.13. The minimum absolute atomic E-state index is 0.0569. The van der Waals surface area contributed by atoms with Crippen LogP contribution in [0.3, 0.4) is 0 Å². The van der Waals surface area contributed by atoms with Crippen molar-refractivity contribution in [1.29, 1.82) is 0 Å². The highest BCUT2D eigenvalue weighted by atomic mass is 127. The van der Waals surface area contributed by atoms with Gasteiger partial charge in [-0.25, -0.2) is 0 Å². The highest BCUT2D eigenvalue weighted by Gasteiger charge is 2.27. The molecular weight excluding hydrogens is 574 g/mol. The SMILES string of the molecule is CCc1ccc(N[C@@H]2NC(=O)/C(=C/c3cc(I)c(OC)c(I)c3)S2)cc1. The lowest BCUT2D eigenvalue weighted by Crippen LogP contribution is -2.30. The van der Waals surface area contributed by atoms with Gasteiger partial charge in [-0.1, -0.05) is 30.8 Å². The molecule has 1 aliphatic rings. The van der Waals surface area contributed by atoms with E-state index in [1.807, 2.05) is 30.3 Å². The Balaban J connectivity index is 1.73. The molecule has 1 fully saturated rings. The number of nitrogens with one attached hydrogen (secondary N) is 2. The fraction of sp³-hybridized carbons (Fsp3) is 0.211. The number of methoxy groups -OCH3 is 1. The zero-order valence-electron chi connectivity index (χ0n) is 14.3. The molecular formula is C19H18I2N2O2S. The molecule has 4 nitrogen and oxygen atoms in total. The van der Waals surface area contributed by atoms with Crippen molar-refractivity contribution in [1.82, 2.24) is 5.32 Å². The van der Waals surface area contributed by atoms with Crippen molar-refractivity contribution in [3.05, 3.63) is 59.6 Å². The fourth-order valence-corrected chi connectivity index (χ4v) is 5.80. The second kappa shape index (κ2) is 8.83. The molecule has 0 aromatic heterocycles. The number of hydrogen-bond donors (Lipinski definition) is 2. The van der Waals surface area contributed by atoms with Crippen molar-refractivity contribution >= 4 is 74.6 Å². The van der Waals surface area contributed by atoms with Gasteiger partial charge >= 0.3 is 0 Å². The Morgan fingerprint density at radius 2 is 1.88 bits per heavy atom. The molecule has 1 saturated heterocycles. The molecule has 1 amide bonds. The number of amides is 1. The first-order valence-electron chi connectivity index (χ1n) is 8.08. The van der Waals surface area contributed by atoms with Gasteiger partial charge in [0.05, 0.1) is 19.2 Å². The summed E-state index contributed by atoms with van der Waals surface area (Å²) in [6.07, 6.45) is 2.94. The molecule has 0 saturated carbocycles. The number of benzene rings is 2. The van der Waals surface area contributed by atoms with Crippen molar-refractivity contribution in [2.45, 2.75) is 18.8 Å². The Morgan fingerprint density at radius 3 is 2.46 bits per heavy atom. The Labute approximate surface area is 184 Å². The van der Waals surface area contributed by atoms with Crippen LogP contribution in [0, 0.1) is 7.14 Å². The molecule has 1 heterocycles. The Kier molecular flexibility index (Phi) is 6.73. The zero-order chi connectivity index (χ0) is 18.7. The zero-order valence-corrected chi connectivity index (χ0v) is 19.4. The molecule has 0 bridgehead atoms. The summed E-state index contributed by atoms with van der Waals surface area (Å²) in [6, 6.07) is 12.3. The Hall–Kier alpha value is -0.940. The number of anilines is 1. The van der Waals surface area contributed by atoms with Crippen molar-refractivity contribution in [2.24, 2.45) is 0 Å². The number of carbonyl (C=O) groups excluding carboxylic acids is 1. The smallest absolute Gasteiger partial charge is 0.260 e. The van der Waals surface area contributed by atoms with E-state index in [1.54, 1.807) is 7.11 Å². The largest absolute Gasteiger partial charge is 0.495 e. The summed E-state index contributed by atoms with van der Waals surface area (Å²) in [7, 11) is 1.67. The number of hydrogen-bond acceptors (Lipinski definition) is 4. The number of carbonyl (C=O) groups is 1. The van der Waals surface area contributed by atoms with Gasteiger partial charge in [-0.05, 0) is 93.1 Å². The molecule has 0 aliphatic carbocycles. The van der Waals surface area contributed by atoms with Crippen molar-refractivity contribution in [3.63, 3.8) is 0 Å². The molecule has 7 heteroatoms. The number of aryl methyl sites for hydroxylation is 1. The number of rotatable bonds is 5. The third kappa shape index (κ3) is 4.66. The summed E-state index contributed by atoms with van der Waals surface area (Å²) in [4.78, 5) is 13.0. The Morgan fingerprint density at radius 1 is 1.23 bits per heavy atom. The van der Waals surface area contributed by atoms with Crippen LogP contribution < -0.4 is 15.4 Å². The lowest BCUT2D eigenvalue weighted by atomic mass is 10.1. The quantitative estimate of drug-likeness (QED) is 0.377. The van der Waals surface area contributed by atoms with Gasteiger partial charge in [-0.2, -0.15) is 0 Å². The van der Waals surface area contributed by atoms with Crippen LogP contribution in [-0.4, -0.2) is 18.5 Å². The van der Waals surface area contributed by atoms with Crippen molar-refractivity contribution < 1.29 is 9.53 Å². The number of ether oxygens (including phenoxy) is 1. The molecule has 0 spiro atoms. The van der Waals surface area contributed by atoms with Crippen LogP contribution in [0.15, 0.2) is 41.3 Å². The Bertz CT molecular complexity index is 830. The van der Waals surface area contributed by atoms with E-state index in [9.17, 15) is 4.79 Å². The third-order valence-electron chi connectivity index (χ3n) is 3.91. The summed E-state index contributed by atoms with van der Waals surface area (Å²) < 4.78 is 7.44. The van der Waals surface area contributed by atoms with Gasteiger partial charge in [0.15, 0.2) is 5.50 Å². The average molecular weight is 592 g/mol. The van der Waals surface area contributed by atoms with Gasteiger partial charge in [0.1, 0.15) is 5.75 Å². The predicted molar refractivity (Wildman–Crippen MR) is 125 cm³/mol. The molecule has 1 aliphatic heterocycles. The second-order valence-electron chi connectivity index (χ2n) is 5.69. The van der Waals surface area contributed by atoms with Crippen molar-refractivity contribution in [3.8, 4) is 5.75 Å². The van der Waals surface area contributed by atoms with Crippen molar-refractivity contribution in [2.75, 3.05) is 12.4 Å². The molecule has 2 N–H and O–H groups in total. The van der Waals surface area contributed by atoms with Gasteiger partial charge in [0.2, 0.25) is 0 Å². The van der Waals surface area contributed by atoms with E-state index in [1.165, 1.54) is 17.3 Å². The van der Waals surface area contributed by atoms with E-state index in [-0.39, 0.29) is 11.4 Å². The lowest BCUT2D eigenvalue weighted by molar-refractivity contribution is -0.116. The maximum atomic E-state index is 12.3. The molecule has 2 aromatic rings. The van der Waals surface area contributed by atoms with Gasteiger partial charge in [0.25, 0.3) is 5.91 Å². The van der Waals surface area contributed by atoms with Crippen LogP contribution in [0.2, 0.25) is 0 Å². The summed E-state index contributed by atoms with van der Waals surface area (Å²) in [5.74, 6) is 0.811. The molecule has 1 atom stereocenters. The average Bonchev–Trinajstić information content (AvgIpc) is 2.94. The van der Waals surface area contributed by atoms with E-state index in [0.717, 1.165) is 30.6 Å². The van der Waals surface area contributed by atoms with E-state index >= 15 is 0 Å². The standard InChI is InChI=1S/C19H18I2N2O2S/c1-3-11-4-6-13(7-5-11)22-19-23-18(24)16(26-19)10-12-8-14(20)17(25-2)15(21)9-12/h4-10,19,22H,3H2,1-2H3,(H,23,24)/b16-10-/t19-/m1/s1. The molecule has 0 radical (unpaired) electrons. The van der Waals surface area contributed by atoms with E-state index < -0.39 is 0 Å². The first-order valence-corrected chi connectivity index (χ1v) is 11.1. The molecule has 3 rings (SSSR count). The highest BCUT2D eigenvalue weighted by molar-refractivity contribution is 14.1. The first-order chi connectivity index (χ1) is 12.5. The van der Waals surface area contributed by atoms with E-state index in [4.69, 9.17) is 4.74 Å². The molecule has 136 valence electrons. The van der Waals surface area contributed by atoms with Crippen LogP contribution in [0.25, 0.3) is 6.08 Å². The normalized spacial score (nSPS) is 18.1. The third-order valence-corrected chi connectivity index (χ3v) is 6.54. The summed E-state index contributed by atoms with van der Waals surface area (Å²) >= 11 is 5.99. The van der Waals surface area contributed by atoms with Crippen LogP contribution in [0.5, 0.6) is 5.75 Å². The van der Waals surface area contributed by atoms with Gasteiger partial charge in [0, 0.05) is 5.69 Å². The van der Waals surface area contributed by atoms with E-state index in [0.29, 0.717) is 4.91 Å². The van der Waals surface area contributed by atoms with Gasteiger partial charge in [-0.15, -0.1) is 0 Å². The van der Waals surface area contributed by atoms with Crippen LogP contribution >= 0.6 is 56.9 Å². The molecule has 0 unspecified atom stereocenters. The summed E-state index contributed by atoms with van der Waals surface area (Å²) in [5.41, 5.74) is 3.11.